The second kappa shape index (κ2) is 4.45. The maximum Gasteiger partial charge on any atom is 0.147 e. The topological polar surface area (TPSA) is 51.8 Å². The summed E-state index contributed by atoms with van der Waals surface area (Å²) in [6, 6.07) is 4.38. The minimum Gasteiger partial charge on any atom is -0.322 e. The van der Waals surface area contributed by atoms with Crippen LogP contribution in [-0.4, -0.2) is 10.2 Å². The summed E-state index contributed by atoms with van der Waals surface area (Å²) in [6.45, 7) is 1.83. The van der Waals surface area contributed by atoms with Crippen LogP contribution in [0.25, 0.3) is 10.6 Å². The van der Waals surface area contributed by atoms with Gasteiger partial charge in [0.05, 0.1) is 11.1 Å². The van der Waals surface area contributed by atoms with Gasteiger partial charge in [-0.15, -0.1) is 10.2 Å². The van der Waals surface area contributed by atoms with Crippen molar-refractivity contribution in [2.24, 2.45) is 5.73 Å². The molecular weight excluding hydrogens is 249 g/mol. The van der Waals surface area contributed by atoms with Crippen LogP contribution in [0.15, 0.2) is 18.2 Å². The van der Waals surface area contributed by atoms with E-state index in [9.17, 15) is 4.39 Å². The average Bonchev–Trinajstić information content (AvgIpc) is 2.71. The Morgan fingerprint density at radius 3 is 2.75 bits per heavy atom. The molecular formula is C10H9ClFN3S. The van der Waals surface area contributed by atoms with Crippen LogP contribution in [0.1, 0.15) is 18.0 Å². The Hall–Kier alpha value is -1.04. The second-order valence-corrected chi connectivity index (χ2v) is 4.78. The van der Waals surface area contributed by atoms with E-state index >= 15 is 0 Å². The van der Waals surface area contributed by atoms with E-state index in [4.69, 9.17) is 17.3 Å². The molecule has 0 amide bonds. The van der Waals surface area contributed by atoms with Crippen molar-refractivity contribution in [2.45, 2.75) is 13.0 Å². The van der Waals surface area contributed by atoms with Crippen LogP contribution in [-0.2, 0) is 0 Å². The van der Waals surface area contributed by atoms with E-state index in [1.165, 1.54) is 23.5 Å². The molecule has 1 heterocycles. The van der Waals surface area contributed by atoms with Crippen LogP contribution in [0, 0.1) is 5.82 Å². The number of hydrogen-bond donors (Lipinski definition) is 1. The lowest BCUT2D eigenvalue weighted by atomic mass is 10.2. The molecule has 1 unspecified atom stereocenters. The largest absolute Gasteiger partial charge is 0.322 e. The first-order chi connectivity index (χ1) is 7.58. The highest BCUT2D eigenvalue weighted by Gasteiger charge is 2.11. The third-order valence-electron chi connectivity index (χ3n) is 2.00. The maximum absolute atomic E-state index is 13.2. The number of nitrogens with zero attached hydrogens (tertiary/aromatic N) is 2. The predicted molar refractivity (Wildman–Crippen MR) is 62.9 cm³/mol. The molecule has 1 atom stereocenters. The fourth-order valence-corrected chi connectivity index (χ4v) is 2.07. The van der Waals surface area contributed by atoms with Gasteiger partial charge in [0.1, 0.15) is 15.8 Å². The summed E-state index contributed by atoms with van der Waals surface area (Å²) < 4.78 is 13.2. The molecule has 2 rings (SSSR count). The Balaban J connectivity index is 2.39. The number of aromatic nitrogens is 2. The van der Waals surface area contributed by atoms with Crippen LogP contribution in [0.5, 0.6) is 0 Å². The molecule has 0 saturated carbocycles. The molecule has 84 valence electrons. The van der Waals surface area contributed by atoms with Gasteiger partial charge in [-0.05, 0) is 19.1 Å². The lowest BCUT2D eigenvalue weighted by Crippen LogP contribution is -2.03. The van der Waals surface area contributed by atoms with Crippen LogP contribution < -0.4 is 5.73 Å². The molecule has 1 aromatic carbocycles. The van der Waals surface area contributed by atoms with Gasteiger partial charge in [-0.1, -0.05) is 29.0 Å². The normalized spacial score (nSPS) is 12.8. The van der Waals surface area contributed by atoms with Crippen molar-refractivity contribution in [3.8, 4) is 10.6 Å². The van der Waals surface area contributed by atoms with Crippen LogP contribution in [0.4, 0.5) is 4.39 Å². The van der Waals surface area contributed by atoms with Crippen molar-refractivity contribution >= 4 is 22.9 Å². The number of benzene rings is 1. The van der Waals surface area contributed by atoms with Gasteiger partial charge in [-0.2, -0.15) is 0 Å². The smallest absolute Gasteiger partial charge is 0.147 e. The predicted octanol–water partition coefficient (Wildman–Crippen LogP) is 3.02. The van der Waals surface area contributed by atoms with Gasteiger partial charge in [0.2, 0.25) is 0 Å². The van der Waals surface area contributed by atoms with Gasteiger partial charge in [-0.3, -0.25) is 0 Å². The Morgan fingerprint density at radius 2 is 2.19 bits per heavy atom. The Bertz CT molecular complexity index is 513. The van der Waals surface area contributed by atoms with E-state index in [1.807, 2.05) is 6.92 Å². The second-order valence-electron chi connectivity index (χ2n) is 3.36. The molecule has 0 aliphatic carbocycles. The van der Waals surface area contributed by atoms with Gasteiger partial charge >= 0.3 is 0 Å². The fraction of sp³-hybridized carbons (Fsp3) is 0.200. The lowest BCUT2D eigenvalue weighted by Gasteiger charge is -1.97. The minimum atomic E-state index is -0.461. The van der Waals surface area contributed by atoms with Gasteiger partial charge in [0.15, 0.2) is 0 Å². The van der Waals surface area contributed by atoms with Crippen LogP contribution >= 0.6 is 22.9 Å². The quantitative estimate of drug-likeness (QED) is 0.900. The monoisotopic (exact) mass is 257 g/mol. The standard InChI is InChI=1S/C10H9ClFN3S/c1-5(13)9-14-15-10(16-9)6-2-3-7(11)8(12)4-6/h2-5H,13H2,1H3. The van der Waals surface area contributed by atoms with E-state index in [-0.39, 0.29) is 11.1 Å². The zero-order valence-corrected chi connectivity index (χ0v) is 10.0. The van der Waals surface area contributed by atoms with Crippen LogP contribution in [0.2, 0.25) is 5.02 Å². The molecule has 6 heteroatoms. The summed E-state index contributed by atoms with van der Waals surface area (Å²) in [6.07, 6.45) is 0. The van der Waals surface area contributed by atoms with Gasteiger partial charge in [0, 0.05) is 5.56 Å². The Kier molecular flexibility index (Phi) is 3.18. The maximum atomic E-state index is 13.2. The summed E-state index contributed by atoms with van der Waals surface area (Å²) in [5.41, 5.74) is 6.33. The van der Waals surface area contributed by atoms with Crippen molar-refractivity contribution in [2.75, 3.05) is 0 Å². The molecule has 2 aromatic rings. The van der Waals surface area contributed by atoms with E-state index in [2.05, 4.69) is 10.2 Å². The first-order valence-corrected chi connectivity index (χ1v) is 5.82. The molecule has 0 aliphatic heterocycles. The summed E-state index contributed by atoms with van der Waals surface area (Å²) in [4.78, 5) is 0. The molecule has 0 radical (unpaired) electrons. The average molecular weight is 258 g/mol. The summed E-state index contributed by atoms with van der Waals surface area (Å²) in [7, 11) is 0. The minimum absolute atomic E-state index is 0.0979. The highest BCUT2D eigenvalue weighted by atomic mass is 35.5. The Morgan fingerprint density at radius 1 is 1.44 bits per heavy atom. The van der Waals surface area contributed by atoms with Crippen molar-refractivity contribution < 1.29 is 4.39 Å². The first-order valence-electron chi connectivity index (χ1n) is 4.62. The van der Waals surface area contributed by atoms with Crippen molar-refractivity contribution in [1.29, 1.82) is 0 Å². The van der Waals surface area contributed by atoms with Crippen molar-refractivity contribution in [3.05, 3.63) is 34.0 Å². The summed E-state index contributed by atoms with van der Waals surface area (Å²) in [5, 5.41) is 9.36. The SMILES string of the molecule is CC(N)c1nnc(-c2ccc(Cl)c(F)c2)s1. The fourth-order valence-electron chi connectivity index (χ4n) is 1.16. The Labute approximate surface area is 101 Å². The lowest BCUT2D eigenvalue weighted by molar-refractivity contribution is 0.628. The first kappa shape index (κ1) is 11.4. The molecule has 0 spiro atoms. The van der Waals surface area contributed by atoms with Crippen LogP contribution in [0.3, 0.4) is 0 Å². The molecule has 1 aromatic heterocycles. The number of nitrogens with two attached hydrogens (primary N) is 1. The van der Waals surface area contributed by atoms with Crippen molar-refractivity contribution in [3.63, 3.8) is 0 Å². The molecule has 2 N–H and O–H groups in total. The van der Waals surface area contributed by atoms with E-state index in [0.717, 1.165) is 5.01 Å². The molecule has 0 fully saturated rings. The molecule has 16 heavy (non-hydrogen) atoms. The van der Waals surface area contributed by atoms with E-state index < -0.39 is 5.82 Å². The zero-order valence-electron chi connectivity index (χ0n) is 8.45. The number of hydrogen-bond acceptors (Lipinski definition) is 4. The third kappa shape index (κ3) is 2.21. The van der Waals surface area contributed by atoms with Gasteiger partial charge in [-0.25, -0.2) is 4.39 Å². The highest BCUT2D eigenvalue weighted by Crippen LogP contribution is 2.28. The molecule has 0 saturated heterocycles. The third-order valence-corrected chi connectivity index (χ3v) is 3.48. The number of rotatable bonds is 2. The summed E-state index contributed by atoms with van der Waals surface area (Å²) >= 11 is 6.95. The molecule has 0 bridgehead atoms. The molecule has 0 aliphatic rings. The highest BCUT2D eigenvalue weighted by molar-refractivity contribution is 7.14. The van der Waals surface area contributed by atoms with E-state index in [1.54, 1.807) is 6.07 Å². The summed E-state index contributed by atoms with van der Waals surface area (Å²) in [5.74, 6) is -0.461. The molecule has 3 nitrogen and oxygen atoms in total. The van der Waals surface area contributed by atoms with Gasteiger partial charge < -0.3 is 5.73 Å². The van der Waals surface area contributed by atoms with Gasteiger partial charge in [0.25, 0.3) is 0 Å². The zero-order chi connectivity index (χ0) is 11.7. The van der Waals surface area contributed by atoms with Crippen molar-refractivity contribution in [1.82, 2.24) is 10.2 Å². The van der Waals surface area contributed by atoms with E-state index in [0.29, 0.717) is 10.6 Å². The number of halogens is 2.